The predicted molar refractivity (Wildman–Crippen MR) is 73.1 cm³/mol. The molecule has 2 aromatic heterocycles. The largest absolute Gasteiger partial charge is 0.394 e. The Labute approximate surface area is 121 Å². The number of fused-ring (bicyclic) bond motifs is 1. The SMILES string of the molecule is O=C(c1cccnc1)N1Cc2[nH]nc(COCCO)c2C1. The Morgan fingerprint density at radius 2 is 2.38 bits per heavy atom. The van der Waals surface area contributed by atoms with Crippen molar-refractivity contribution in [1.82, 2.24) is 20.1 Å². The van der Waals surface area contributed by atoms with Gasteiger partial charge in [-0.05, 0) is 12.1 Å². The number of H-pyrrole nitrogens is 1. The zero-order chi connectivity index (χ0) is 14.7. The fraction of sp³-hybridized carbons (Fsp3) is 0.357. The maximum atomic E-state index is 12.4. The molecule has 3 heterocycles. The van der Waals surface area contributed by atoms with Crippen LogP contribution in [0.1, 0.15) is 27.3 Å². The van der Waals surface area contributed by atoms with E-state index in [-0.39, 0.29) is 19.1 Å². The van der Waals surface area contributed by atoms with Crippen LogP contribution in [0.4, 0.5) is 0 Å². The second kappa shape index (κ2) is 6.02. The molecular formula is C14H16N4O3. The monoisotopic (exact) mass is 288 g/mol. The van der Waals surface area contributed by atoms with Crippen LogP contribution < -0.4 is 0 Å². The highest BCUT2D eigenvalue weighted by molar-refractivity contribution is 5.94. The van der Waals surface area contributed by atoms with Crippen molar-refractivity contribution in [2.75, 3.05) is 13.2 Å². The molecule has 7 nitrogen and oxygen atoms in total. The first-order chi connectivity index (χ1) is 10.3. The van der Waals surface area contributed by atoms with E-state index < -0.39 is 0 Å². The number of nitrogens with one attached hydrogen (secondary N) is 1. The van der Waals surface area contributed by atoms with E-state index in [1.54, 1.807) is 29.4 Å². The van der Waals surface area contributed by atoms with Gasteiger partial charge in [-0.2, -0.15) is 5.10 Å². The molecule has 2 aromatic rings. The van der Waals surface area contributed by atoms with Crippen LogP contribution in [0.2, 0.25) is 0 Å². The normalized spacial score (nSPS) is 13.5. The molecule has 7 heteroatoms. The van der Waals surface area contributed by atoms with Gasteiger partial charge in [-0.1, -0.05) is 0 Å². The number of aromatic amines is 1. The third-order valence-corrected chi connectivity index (χ3v) is 3.41. The third-order valence-electron chi connectivity index (χ3n) is 3.41. The van der Waals surface area contributed by atoms with Crippen molar-refractivity contribution in [2.45, 2.75) is 19.7 Å². The number of amides is 1. The quantitative estimate of drug-likeness (QED) is 0.780. The molecule has 21 heavy (non-hydrogen) atoms. The van der Waals surface area contributed by atoms with Crippen molar-refractivity contribution in [3.63, 3.8) is 0 Å². The molecule has 0 aromatic carbocycles. The highest BCUT2D eigenvalue weighted by Crippen LogP contribution is 2.25. The maximum absolute atomic E-state index is 12.4. The van der Waals surface area contributed by atoms with Crippen LogP contribution in [0.15, 0.2) is 24.5 Å². The summed E-state index contributed by atoms with van der Waals surface area (Å²) in [6, 6.07) is 3.50. The minimum Gasteiger partial charge on any atom is -0.394 e. The molecule has 2 N–H and O–H groups in total. The number of nitrogens with zero attached hydrogens (tertiary/aromatic N) is 3. The zero-order valence-corrected chi connectivity index (χ0v) is 11.5. The van der Waals surface area contributed by atoms with Gasteiger partial charge in [0.05, 0.1) is 49.9 Å². The molecular weight excluding hydrogens is 272 g/mol. The summed E-state index contributed by atoms with van der Waals surface area (Å²) in [7, 11) is 0. The van der Waals surface area contributed by atoms with Crippen LogP contribution in [0, 0.1) is 0 Å². The smallest absolute Gasteiger partial charge is 0.256 e. The van der Waals surface area contributed by atoms with E-state index in [0.29, 0.717) is 25.3 Å². The first-order valence-electron chi connectivity index (χ1n) is 6.72. The van der Waals surface area contributed by atoms with Crippen molar-refractivity contribution in [3.8, 4) is 0 Å². The molecule has 0 fully saturated rings. The predicted octanol–water partition coefficient (Wildman–Crippen LogP) is 0.470. The summed E-state index contributed by atoms with van der Waals surface area (Å²) < 4.78 is 5.29. The highest BCUT2D eigenvalue weighted by atomic mass is 16.5. The molecule has 1 aliphatic rings. The first-order valence-corrected chi connectivity index (χ1v) is 6.72. The van der Waals surface area contributed by atoms with E-state index in [1.165, 1.54) is 0 Å². The fourth-order valence-corrected chi connectivity index (χ4v) is 2.37. The number of aliphatic hydroxyl groups excluding tert-OH is 1. The topological polar surface area (TPSA) is 91.3 Å². The van der Waals surface area contributed by atoms with Gasteiger partial charge in [0.15, 0.2) is 0 Å². The van der Waals surface area contributed by atoms with E-state index >= 15 is 0 Å². The van der Waals surface area contributed by atoms with Crippen LogP contribution in [-0.4, -0.2) is 44.3 Å². The highest BCUT2D eigenvalue weighted by Gasteiger charge is 2.28. The standard InChI is InChI=1S/C14H16N4O3/c19-4-5-21-9-13-11-7-18(8-12(11)16-17-13)14(20)10-2-1-3-15-6-10/h1-3,6,19H,4-5,7-9H2,(H,16,17). The van der Waals surface area contributed by atoms with Crippen LogP contribution in [0.25, 0.3) is 0 Å². The summed E-state index contributed by atoms with van der Waals surface area (Å²) in [5.41, 5.74) is 3.31. The van der Waals surface area contributed by atoms with Gasteiger partial charge in [0.1, 0.15) is 0 Å². The zero-order valence-electron chi connectivity index (χ0n) is 11.5. The second-order valence-electron chi connectivity index (χ2n) is 4.81. The third kappa shape index (κ3) is 2.79. The molecule has 3 rings (SSSR count). The number of pyridine rings is 1. The Morgan fingerprint density at radius 3 is 3.14 bits per heavy atom. The summed E-state index contributed by atoms with van der Waals surface area (Å²) in [6.45, 7) is 1.62. The van der Waals surface area contributed by atoms with E-state index in [4.69, 9.17) is 9.84 Å². The Morgan fingerprint density at radius 1 is 1.48 bits per heavy atom. The van der Waals surface area contributed by atoms with Crippen LogP contribution >= 0.6 is 0 Å². The number of rotatable bonds is 5. The van der Waals surface area contributed by atoms with Gasteiger partial charge in [0.25, 0.3) is 5.91 Å². The summed E-state index contributed by atoms with van der Waals surface area (Å²) in [5.74, 6) is -0.0464. The van der Waals surface area contributed by atoms with Crippen molar-refractivity contribution in [2.24, 2.45) is 0 Å². The lowest BCUT2D eigenvalue weighted by Crippen LogP contribution is -2.26. The summed E-state index contributed by atoms with van der Waals surface area (Å²) in [6.07, 6.45) is 3.21. The second-order valence-corrected chi connectivity index (χ2v) is 4.81. The Hall–Kier alpha value is -2.25. The lowest BCUT2D eigenvalue weighted by molar-refractivity contribution is 0.0735. The van der Waals surface area contributed by atoms with E-state index in [0.717, 1.165) is 17.0 Å². The Balaban J connectivity index is 1.69. The molecule has 0 saturated carbocycles. The number of aromatic nitrogens is 3. The van der Waals surface area contributed by atoms with E-state index in [9.17, 15) is 4.79 Å². The molecule has 0 radical (unpaired) electrons. The van der Waals surface area contributed by atoms with Crippen molar-refractivity contribution >= 4 is 5.91 Å². The molecule has 0 unspecified atom stereocenters. The van der Waals surface area contributed by atoms with Gasteiger partial charge in [0.2, 0.25) is 0 Å². The average molecular weight is 288 g/mol. The number of aliphatic hydroxyl groups is 1. The lowest BCUT2D eigenvalue weighted by atomic mass is 10.2. The lowest BCUT2D eigenvalue weighted by Gasteiger charge is -2.15. The van der Waals surface area contributed by atoms with Crippen LogP contribution in [0.3, 0.4) is 0 Å². The van der Waals surface area contributed by atoms with Gasteiger partial charge in [-0.3, -0.25) is 14.9 Å². The number of hydrogen-bond donors (Lipinski definition) is 2. The maximum Gasteiger partial charge on any atom is 0.256 e. The number of ether oxygens (including phenoxy) is 1. The molecule has 0 atom stereocenters. The molecule has 0 spiro atoms. The Kier molecular flexibility index (Phi) is 3.94. The van der Waals surface area contributed by atoms with Gasteiger partial charge < -0.3 is 14.7 Å². The van der Waals surface area contributed by atoms with Gasteiger partial charge >= 0.3 is 0 Å². The summed E-state index contributed by atoms with van der Waals surface area (Å²) >= 11 is 0. The molecule has 110 valence electrons. The Bertz CT molecular complexity index is 626. The first kappa shape index (κ1) is 13.7. The minimum absolute atomic E-state index is 0.0156. The molecule has 0 aliphatic carbocycles. The van der Waals surface area contributed by atoms with Crippen molar-refractivity contribution < 1.29 is 14.6 Å². The summed E-state index contributed by atoms with van der Waals surface area (Å²) in [4.78, 5) is 18.1. The molecule has 0 saturated heterocycles. The summed E-state index contributed by atoms with van der Waals surface area (Å²) in [5, 5.41) is 15.9. The minimum atomic E-state index is -0.0464. The average Bonchev–Trinajstić information content (AvgIpc) is 3.09. The molecule has 0 bridgehead atoms. The van der Waals surface area contributed by atoms with Crippen molar-refractivity contribution in [3.05, 3.63) is 47.0 Å². The number of carbonyl (C=O) groups is 1. The van der Waals surface area contributed by atoms with E-state index in [1.807, 2.05) is 0 Å². The van der Waals surface area contributed by atoms with Gasteiger partial charge in [-0.25, -0.2) is 0 Å². The fourth-order valence-electron chi connectivity index (χ4n) is 2.37. The van der Waals surface area contributed by atoms with Crippen molar-refractivity contribution in [1.29, 1.82) is 0 Å². The van der Waals surface area contributed by atoms with Crippen LogP contribution in [-0.2, 0) is 24.4 Å². The van der Waals surface area contributed by atoms with Gasteiger partial charge in [0, 0.05) is 18.0 Å². The van der Waals surface area contributed by atoms with Gasteiger partial charge in [-0.15, -0.1) is 0 Å². The van der Waals surface area contributed by atoms with Crippen LogP contribution in [0.5, 0.6) is 0 Å². The molecule has 1 aliphatic heterocycles. The number of carbonyl (C=O) groups excluding carboxylic acids is 1. The van der Waals surface area contributed by atoms with E-state index in [2.05, 4.69) is 15.2 Å². The molecule has 1 amide bonds. The number of hydrogen-bond acceptors (Lipinski definition) is 5.